The van der Waals surface area contributed by atoms with E-state index in [0.29, 0.717) is 32.0 Å². The molecular weight excluding hydrogens is 484 g/mol. The topological polar surface area (TPSA) is 182 Å². The van der Waals surface area contributed by atoms with E-state index >= 15 is 0 Å². The molecule has 4 rings (SSSR count). The number of carbonyl (C=O) groups is 3. The number of piperazine rings is 1. The lowest BCUT2D eigenvalue weighted by molar-refractivity contribution is -0.133. The van der Waals surface area contributed by atoms with Crippen LogP contribution in [0.15, 0.2) is 23.1 Å². The Morgan fingerprint density at radius 2 is 1.95 bits per heavy atom. The van der Waals surface area contributed by atoms with E-state index in [0.717, 1.165) is 0 Å². The molecule has 4 heterocycles. The van der Waals surface area contributed by atoms with Gasteiger partial charge in [0.2, 0.25) is 11.8 Å². The summed E-state index contributed by atoms with van der Waals surface area (Å²) in [6.07, 6.45) is 4.41. The first-order valence-corrected chi connectivity index (χ1v) is 11.4. The molecule has 1 saturated heterocycles. The first-order valence-electron chi connectivity index (χ1n) is 11.4. The molecule has 3 aromatic rings. The highest BCUT2D eigenvalue weighted by atomic mass is 16.4. The molecule has 0 aromatic carbocycles. The average molecular weight is 511 g/mol. The van der Waals surface area contributed by atoms with Crippen LogP contribution in [0.5, 0.6) is 0 Å². The summed E-state index contributed by atoms with van der Waals surface area (Å²) in [6.45, 7) is 1.55. The molecule has 0 unspecified atom stereocenters. The Morgan fingerprint density at radius 3 is 2.59 bits per heavy atom. The summed E-state index contributed by atoms with van der Waals surface area (Å²) in [5.41, 5.74) is 0.0262. The Bertz CT molecular complexity index is 1390. The minimum Gasteiger partial charge on any atom is -0.478 e. The number of H-pyrrole nitrogens is 1. The number of aromatic carboxylic acids is 1. The number of carboxylic acid groups (broad SMARTS) is 1. The zero-order valence-electron chi connectivity index (χ0n) is 20.3. The van der Waals surface area contributed by atoms with Crippen LogP contribution in [0, 0.1) is 0 Å². The Balaban J connectivity index is 1.57. The summed E-state index contributed by atoms with van der Waals surface area (Å²) >= 11 is 0. The smallest absolute Gasteiger partial charge is 0.335 e. The Labute approximate surface area is 210 Å². The minimum absolute atomic E-state index is 0.000306. The molecular formula is C22H26N10O5. The number of amides is 2. The summed E-state index contributed by atoms with van der Waals surface area (Å²) in [7, 11) is 3.53. The largest absolute Gasteiger partial charge is 0.478 e. The van der Waals surface area contributed by atoms with E-state index in [1.807, 2.05) is 4.90 Å². The van der Waals surface area contributed by atoms with Crippen LogP contribution < -0.4 is 15.8 Å². The van der Waals surface area contributed by atoms with Crippen molar-refractivity contribution in [2.75, 3.05) is 58.3 Å². The molecule has 2 amide bonds. The van der Waals surface area contributed by atoms with Gasteiger partial charge < -0.3 is 25.1 Å². The fraction of sp³-hybridized carbons (Fsp3) is 0.364. The van der Waals surface area contributed by atoms with Gasteiger partial charge >= 0.3 is 5.97 Å². The molecule has 15 heteroatoms. The van der Waals surface area contributed by atoms with Gasteiger partial charge in [-0.1, -0.05) is 0 Å². The van der Waals surface area contributed by atoms with E-state index in [1.165, 1.54) is 34.9 Å². The van der Waals surface area contributed by atoms with Crippen LogP contribution >= 0.6 is 0 Å². The number of carboxylic acids is 1. The summed E-state index contributed by atoms with van der Waals surface area (Å²) in [4.78, 5) is 59.0. The van der Waals surface area contributed by atoms with Gasteiger partial charge in [-0.3, -0.25) is 18.8 Å². The Hall–Kier alpha value is -4.66. The van der Waals surface area contributed by atoms with Crippen LogP contribution in [0.2, 0.25) is 0 Å². The molecule has 0 aliphatic carbocycles. The third-order valence-corrected chi connectivity index (χ3v) is 5.68. The van der Waals surface area contributed by atoms with Crippen molar-refractivity contribution in [1.82, 2.24) is 45.1 Å². The molecule has 15 nitrogen and oxygen atoms in total. The number of carbonyl (C=O) groups excluding carboxylic acids is 2. The molecule has 194 valence electrons. The predicted octanol–water partition coefficient (Wildman–Crippen LogP) is -1.60. The number of nitrogens with one attached hydrogen (secondary N) is 2. The number of pyridine rings is 1. The lowest BCUT2D eigenvalue weighted by atomic mass is 10.2. The van der Waals surface area contributed by atoms with Crippen LogP contribution in [0.1, 0.15) is 21.7 Å². The molecule has 3 aromatic heterocycles. The highest BCUT2D eigenvalue weighted by molar-refractivity contribution is 5.89. The van der Waals surface area contributed by atoms with Crippen molar-refractivity contribution in [3.05, 3.63) is 45.6 Å². The fourth-order valence-electron chi connectivity index (χ4n) is 3.85. The van der Waals surface area contributed by atoms with Crippen LogP contribution in [0.3, 0.4) is 0 Å². The standard InChI is InChI=1S/C22H26N10O5/c1-29(2)13-18(33)23-12-19(34)30-7-9-31(10-8-30)20-15(3-4-16-25-27-28-26-16)21(35)32-6-5-14(22(36)37)11-17(32)24-20/h3-6,11H,7-10,12-13H2,1-2H3,(H,23,33)(H,36,37)(H,25,26,27,28)/b4-3+. The van der Waals surface area contributed by atoms with Gasteiger partial charge in [-0.15, -0.1) is 10.2 Å². The van der Waals surface area contributed by atoms with Crippen molar-refractivity contribution >= 4 is 41.4 Å². The van der Waals surface area contributed by atoms with Crippen LogP contribution in [0.25, 0.3) is 17.8 Å². The van der Waals surface area contributed by atoms with E-state index in [9.17, 15) is 24.3 Å². The van der Waals surface area contributed by atoms with Gasteiger partial charge in [0.05, 0.1) is 24.2 Å². The van der Waals surface area contributed by atoms with Crippen molar-refractivity contribution in [3.63, 3.8) is 0 Å². The molecule has 37 heavy (non-hydrogen) atoms. The molecule has 1 aliphatic heterocycles. The number of fused-ring (bicyclic) bond motifs is 1. The number of nitrogens with zero attached hydrogens (tertiary/aromatic N) is 8. The van der Waals surface area contributed by atoms with Gasteiger partial charge in [0, 0.05) is 32.4 Å². The first-order chi connectivity index (χ1) is 17.7. The summed E-state index contributed by atoms with van der Waals surface area (Å²) < 4.78 is 1.27. The molecule has 1 aliphatic rings. The SMILES string of the molecule is CN(C)CC(=O)NCC(=O)N1CCN(c2nc3cc(C(=O)O)ccn3c(=O)c2/C=C/c2nn[nH]n2)CC1. The highest BCUT2D eigenvalue weighted by Crippen LogP contribution is 2.21. The number of hydrogen-bond acceptors (Lipinski definition) is 10. The summed E-state index contributed by atoms with van der Waals surface area (Å²) in [5.74, 6) is -0.968. The average Bonchev–Trinajstić information content (AvgIpc) is 3.39. The van der Waals surface area contributed by atoms with Crippen LogP contribution in [0.4, 0.5) is 5.82 Å². The third kappa shape index (κ3) is 5.95. The summed E-state index contributed by atoms with van der Waals surface area (Å²) in [6, 6.07) is 2.66. The number of aromatic nitrogens is 6. The van der Waals surface area contributed by atoms with Gasteiger partial charge in [0.1, 0.15) is 11.5 Å². The van der Waals surface area contributed by atoms with Gasteiger partial charge in [-0.2, -0.15) is 5.21 Å². The molecule has 0 radical (unpaired) electrons. The monoisotopic (exact) mass is 510 g/mol. The van der Waals surface area contributed by atoms with Crippen molar-refractivity contribution in [1.29, 1.82) is 0 Å². The number of hydrogen-bond donors (Lipinski definition) is 3. The van der Waals surface area contributed by atoms with E-state index in [4.69, 9.17) is 0 Å². The third-order valence-electron chi connectivity index (χ3n) is 5.68. The van der Waals surface area contributed by atoms with Gasteiger partial charge in [-0.05, 0) is 43.6 Å². The molecule has 0 saturated carbocycles. The minimum atomic E-state index is -1.14. The maximum absolute atomic E-state index is 13.4. The Kier molecular flexibility index (Phi) is 7.52. The second-order valence-electron chi connectivity index (χ2n) is 8.59. The van der Waals surface area contributed by atoms with E-state index in [-0.39, 0.29) is 47.5 Å². The maximum atomic E-state index is 13.4. The second kappa shape index (κ2) is 10.9. The lowest BCUT2D eigenvalue weighted by Crippen LogP contribution is -2.52. The number of anilines is 1. The Morgan fingerprint density at radius 1 is 1.19 bits per heavy atom. The second-order valence-corrected chi connectivity index (χ2v) is 8.59. The van der Waals surface area contributed by atoms with Crippen molar-refractivity contribution in [2.24, 2.45) is 0 Å². The van der Waals surface area contributed by atoms with E-state index in [2.05, 4.69) is 30.9 Å². The van der Waals surface area contributed by atoms with Crippen molar-refractivity contribution in [3.8, 4) is 0 Å². The van der Waals surface area contributed by atoms with E-state index in [1.54, 1.807) is 23.9 Å². The number of rotatable bonds is 8. The molecule has 1 fully saturated rings. The molecule has 0 atom stereocenters. The van der Waals surface area contributed by atoms with Gasteiger partial charge in [-0.25, -0.2) is 9.78 Å². The maximum Gasteiger partial charge on any atom is 0.335 e. The number of tetrazole rings is 1. The van der Waals surface area contributed by atoms with E-state index < -0.39 is 11.5 Å². The molecule has 0 spiro atoms. The first kappa shape index (κ1) is 25.4. The van der Waals surface area contributed by atoms with Gasteiger partial charge in [0.15, 0.2) is 5.82 Å². The number of aromatic amines is 1. The van der Waals surface area contributed by atoms with Crippen molar-refractivity contribution < 1.29 is 19.5 Å². The van der Waals surface area contributed by atoms with Gasteiger partial charge in [0.25, 0.3) is 5.56 Å². The summed E-state index contributed by atoms with van der Waals surface area (Å²) in [5, 5.41) is 25.5. The number of likely N-dealkylation sites (N-methyl/N-ethyl adjacent to an activating group) is 1. The molecule has 3 N–H and O–H groups in total. The zero-order valence-corrected chi connectivity index (χ0v) is 20.3. The normalized spacial score (nSPS) is 14.0. The zero-order chi connectivity index (χ0) is 26.5. The van der Waals surface area contributed by atoms with Crippen molar-refractivity contribution in [2.45, 2.75) is 0 Å². The van der Waals surface area contributed by atoms with Crippen LogP contribution in [-0.4, -0.2) is 116 Å². The fourth-order valence-corrected chi connectivity index (χ4v) is 3.85. The highest BCUT2D eigenvalue weighted by Gasteiger charge is 2.25. The quantitative estimate of drug-likeness (QED) is 0.317. The van der Waals surface area contributed by atoms with Crippen LogP contribution in [-0.2, 0) is 9.59 Å². The molecule has 0 bridgehead atoms. The predicted molar refractivity (Wildman–Crippen MR) is 132 cm³/mol. The lowest BCUT2D eigenvalue weighted by Gasteiger charge is -2.36.